The van der Waals surface area contributed by atoms with Gasteiger partial charge in [0.15, 0.2) is 0 Å². The first-order valence-corrected chi connectivity index (χ1v) is 11.9. The third-order valence-electron chi connectivity index (χ3n) is 5.81. The fourth-order valence-corrected chi connectivity index (χ4v) is 4.06. The van der Waals surface area contributed by atoms with Crippen LogP contribution in [-0.2, 0) is 6.42 Å². The Kier molecular flexibility index (Phi) is 8.66. The fourth-order valence-electron chi connectivity index (χ4n) is 4.06. The lowest BCUT2D eigenvalue weighted by Gasteiger charge is -2.20. The topological polar surface area (TPSA) is 44.1 Å². The van der Waals surface area contributed by atoms with Gasteiger partial charge in [-0.2, -0.15) is 0 Å². The maximum absolute atomic E-state index is 12.4. The SMILES string of the molecule is CC(C)c1cccc(C(C)C)c1OCCCCCCc1cccc(=O)n1-c1ccccn1. The van der Waals surface area contributed by atoms with Crippen LogP contribution < -0.4 is 10.3 Å². The quantitative estimate of drug-likeness (QED) is 0.318. The number of para-hydroxylation sites is 1. The van der Waals surface area contributed by atoms with Crippen LogP contribution in [0.25, 0.3) is 5.82 Å². The zero-order chi connectivity index (χ0) is 22.9. The van der Waals surface area contributed by atoms with Crippen LogP contribution in [0.2, 0.25) is 0 Å². The number of pyridine rings is 2. The first-order valence-electron chi connectivity index (χ1n) is 11.9. The summed E-state index contributed by atoms with van der Waals surface area (Å²) < 4.78 is 8.02. The Hall–Kier alpha value is -2.88. The second-order valence-corrected chi connectivity index (χ2v) is 8.97. The van der Waals surface area contributed by atoms with Gasteiger partial charge in [-0.1, -0.05) is 70.9 Å². The maximum Gasteiger partial charge on any atom is 0.256 e. The molecule has 0 aliphatic heterocycles. The molecule has 0 unspecified atom stereocenters. The standard InChI is InChI=1S/C28H36N2O2/c1-21(2)24-15-12-16-25(22(3)4)28(24)32-20-10-6-5-7-13-23-14-11-18-27(31)30(23)26-17-8-9-19-29-26/h8-9,11-12,14-19,21-22H,5-7,10,13,20H2,1-4H3. The van der Waals surface area contributed by atoms with Crippen molar-refractivity contribution in [1.82, 2.24) is 9.55 Å². The van der Waals surface area contributed by atoms with Crippen molar-refractivity contribution in [2.75, 3.05) is 6.61 Å². The summed E-state index contributed by atoms with van der Waals surface area (Å²) in [7, 11) is 0. The summed E-state index contributed by atoms with van der Waals surface area (Å²) in [6, 6.07) is 17.6. The molecule has 1 aromatic carbocycles. The minimum Gasteiger partial charge on any atom is -0.493 e. The van der Waals surface area contributed by atoms with E-state index in [1.54, 1.807) is 16.8 Å². The molecule has 0 saturated carbocycles. The Morgan fingerprint density at radius 1 is 0.812 bits per heavy atom. The molecule has 0 saturated heterocycles. The highest BCUT2D eigenvalue weighted by molar-refractivity contribution is 5.44. The summed E-state index contributed by atoms with van der Waals surface area (Å²) in [5, 5.41) is 0. The molecule has 0 spiro atoms. The summed E-state index contributed by atoms with van der Waals surface area (Å²) >= 11 is 0. The van der Waals surface area contributed by atoms with E-state index in [1.807, 2.05) is 30.3 Å². The first kappa shape index (κ1) is 23.8. The van der Waals surface area contributed by atoms with E-state index in [2.05, 4.69) is 50.9 Å². The molecule has 0 atom stereocenters. The van der Waals surface area contributed by atoms with Crippen molar-refractivity contribution in [3.8, 4) is 11.6 Å². The van der Waals surface area contributed by atoms with Crippen LogP contribution in [0.5, 0.6) is 5.75 Å². The van der Waals surface area contributed by atoms with Gasteiger partial charge < -0.3 is 4.74 Å². The van der Waals surface area contributed by atoms with Crippen LogP contribution in [0.3, 0.4) is 0 Å². The summed E-state index contributed by atoms with van der Waals surface area (Å²) in [5.41, 5.74) is 3.58. The minimum absolute atomic E-state index is 0.0284. The molecule has 0 aliphatic carbocycles. The molecule has 170 valence electrons. The number of unbranched alkanes of at least 4 members (excludes halogenated alkanes) is 3. The molecule has 0 aliphatic rings. The van der Waals surface area contributed by atoms with Gasteiger partial charge in [0.05, 0.1) is 6.61 Å². The van der Waals surface area contributed by atoms with E-state index >= 15 is 0 Å². The zero-order valence-corrected chi connectivity index (χ0v) is 19.9. The average molecular weight is 433 g/mol. The summed E-state index contributed by atoms with van der Waals surface area (Å²) in [5.74, 6) is 2.67. The number of ether oxygens (including phenoxy) is 1. The van der Waals surface area contributed by atoms with E-state index in [9.17, 15) is 4.79 Å². The lowest BCUT2D eigenvalue weighted by Crippen LogP contribution is -2.21. The van der Waals surface area contributed by atoms with Crippen LogP contribution in [0.4, 0.5) is 0 Å². The van der Waals surface area contributed by atoms with Gasteiger partial charge in [0, 0.05) is 18.0 Å². The fraction of sp³-hybridized carbons (Fsp3) is 0.429. The smallest absolute Gasteiger partial charge is 0.256 e. The van der Waals surface area contributed by atoms with E-state index in [0.29, 0.717) is 17.7 Å². The normalized spacial score (nSPS) is 11.3. The second kappa shape index (κ2) is 11.7. The number of aromatic nitrogens is 2. The van der Waals surface area contributed by atoms with Gasteiger partial charge in [0.25, 0.3) is 5.56 Å². The van der Waals surface area contributed by atoms with E-state index in [-0.39, 0.29) is 5.56 Å². The number of benzene rings is 1. The van der Waals surface area contributed by atoms with Crippen LogP contribution >= 0.6 is 0 Å². The largest absolute Gasteiger partial charge is 0.493 e. The van der Waals surface area contributed by atoms with Crippen molar-refractivity contribution >= 4 is 0 Å². The van der Waals surface area contributed by atoms with E-state index in [0.717, 1.165) is 50.2 Å². The molecule has 0 amide bonds. The van der Waals surface area contributed by atoms with E-state index in [1.165, 1.54) is 11.1 Å². The van der Waals surface area contributed by atoms with Gasteiger partial charge >= 0.3 is 0 Å². The van der Waals surface area contributed by atoms with Gasteiger partial charge in [-0.25, -0.2) is 4.98 Å². The van der Waals surface area contributed by atoms with E-state index < -0.39 is 0 Å². The number of hydrogen-bond donors (Lipinski definition) is 0. The molecule has 0 fully saturated rings. The Labute approximate surface area is 192 Å². The van der Waals surface area contributed by atoms with Crippen molar-refractivity contribution in [3.63, 3.8) is 0 Å². The van der Waals surface area contributed by atoms with Crippen molar-refractivity contribution in [2.24, 2.45) is 0 Å². The van der Waals surface area contributed by atoms with Crippen LogP contribution in [0, 0.1) is 0 Å². The Morgan fingerprint density at radius 3 is 2.16 bits per heavy atom. The minimum atomic E-state index is -0.0284. The van der Waals surface area contributed by atoms with Crippen molar-refractivity contribution in [2.45, 2.75) is 71.6 Å². The molecular weight excluding hydrogens is 396 g/mol. The van der Waals surface area contributed by atoms with Gasteiger partial charge in [-0.05, 0) is 60.4 Å². The summed E-state index contributed by atoms with van der Waals surface area (Å²) in [6.07, 6.45) is 6.88. The third-order valence-corrected chi connectivity index (χ3v) is 5.81. The molecule has 0 radical (unpaired) electrons. The predicted molar refractivity (Wildman–Crippen MR) is 132 cm³/mol. The van der Waals surface area contributed by atoms with Crippen molar-refractivity contribution < 1.29 is 4.74 Å². The molecule has 0 bridgehead atoms. The van der Waals surface area contributed by atoms with Crippen molar-refractivity contribution in [3.05, 3.63) is 88.0 Å². The number of hydrogen-bond acceptors (Lipinski definition) is 3. The Bertz CT molecular complexity index is 1010. The van der Waals surface area contributed by atoms with Gasteiger partial charge in [-0.3, -0.25) is 9.36 Å². The molecule has 4 nitrogen and oxygen atoms in total. The molecule has 2 heterocycles. The second-order valence-electron chi connectivity index (χ2n) is 8.97. The lowest BCUT2D eigenvalue weighted by atomic mass is 9.94. The van der Waals surface area contributed by atoms with Crippen molar-refractivity contribution in [1.29, 1.82) is 0 Å². The molecule has 2 aromatic heterocycles. The molecule has 0 N–H and O–H groups in total. The summed E-state index contributed by atoms with van der Waals surface area (Å²) in [4.78, 5) is 16.8. The lowest BCUT2D eigenvalue weighted by molar-refractivity contribution is 0.296. The average Bonchev–Trinajstić information content (AvgIpc) is 2.78. The van der Waals surface area contributed by atoms with Gasteiger partial charge in [-0.15, -0.1) is 0 Å². The van der Waals surface area contributed by atoms with Crippen LogP contribution in [-0.4, -0.2) is 16.2 Å². The van der Waals surface area contributed by atoms with Gasteiger partial charge in [0.2, 0.25) is 0 Å². The zero-order valence-electron chi connectivity index (χ0n) is 19.9. The summed E-state index contributed by atoms with van der Waals surface area (Å²) in [6.45, 7) is 9.63. The highest BCUT2D eigenvalue weighted by Gasteiger charge is 2.14. The van der Waals surface area contributed by atoms with Crippen LogP contribution in [0.15, 0.2) is 65.6 Å². The van der Waals surface area contributed by atoms with Gasteiger partial charge in [0.1, 0.15) is 11.6 Å². The molecule has 3 aromatic rings. The predicted octanol–water partition coefficient (Wildman–Crippen LogP) is 6.66. The molecular formula is C28H36N2O2. The molecule has 4 heteroatoms. The van der Waals surface area contributed by atoms with E-state index in [4.69, 9.17) is 4.74 Å². The number of nitrogens with zero attached hydrogens (tertiary/aromatic N) is 2. The Balaban J connectivity index is 1.50. The maximum atomic E-state index is 12.4. The number of aryl methyl sites for hydroxylation is 1. The molecule has 3 rings (SSSR count). The first-order chi connectivity index (χ1) is 15.5. The molecule has 32 heavy (non-hydrogen) atoms. The third kappa shape index (κ3) is 6.09. The highest BCUT2D eigenvalue weighted by atomic mass is 16.5. The van der Waals surface area contributed by atoms with Crippen LogP contribution in [0.1, 0.15) is 82.0 Å². The highest BCUT2D eigenvalue weighted by Crippen LogP contribution is 2.34. The monoisotopic (exact) mass is 432 g/mol. The number of rotatable bonds is 11. The Morgan fingerprint density at radius 2 is 1.50 bits per heavy atom.